The van der Waals surface area contributed by atoms with Crippen LogP contribution in [0.3, 0.4) is 0 Å². The Hall–Kier alpha value is -2.76. The SMILES string of the molecule is NS(=O)(=O)c1nn2c(-c3ccc(-c4ccccc4C(F)(F)F)cc3)cnc2s1. The van der Waals surface area contributed by atoms with Crippen LogP contribution in [0.1, 0.15) is 5.56 Å². The second-order valence-corrected chi connectivity index (χ2v) is 8.56. The molecule has 4 rings (SSSR count). The number of sulfonamides is 1. The lowest BCUT2D eigenvalue weighted by molar-refractivity contribution is -0.137. The standard InChI is InChI=1S/C17H11F3N4O2S2/c18-17(19,20)13-4-2-1-3-12(13)10-5-7-11(8-6-10)14-9-22-15-24(14)23-16(27-15)28(21,25)26/h1-9H,(H2,21,25,26). The smallest absolute Gasteiger partial charge is 0.225 e. The Morgan fingerprint density at radius 3 is 2.29 bits per heavy atom. The summed E-state index contributed by atoms with van der Waals surface area (Å²) in [6, 6.07) is 11.7. The van der Waals surface area contributed by atoms with Crippen LogP contribution in [-0.2, 0) is 16.2 Å². The summed E-state index contributed by atoms with van der Waals surface area (Å²) in [4.78, 5) is 4.44. The van der Waals surface area contributed by atoms with Gasteiger partial charge in [-0.25, -0.2) is 23.1 Å². The van der Waals surface area contributed by atoms with Gasteiger partial charge in [0, 0.05) is 5.56 Å². The van der Waals surface area contributed by atoms with E-state index in [0.717, 1.165) is 17.4 Å². The molecular weight excluding hydrogens is 413 g/mol. The predicted molar refractivity (Wildman–Crippen MR) is 98.1 cm³/mol. The molecule has 4 aromatic rings. The molecule has 0 aliphatic rings. The van der Waals surface area contributed by atoms with Gasteiger partial charge in [-0.3, -0.25) is 0 Å². The van der Waals surface area contributed by atoms with Crippen molar-refractivity contribution in [2.45, 2.75) is 10.5 Å². The Bertz CT molecular complexity index is 1280. The van der Waals surface area contributed by atoms with Crippen molar-refractivity contribution in [2.75, 3.05) is 0 Å². The minimum Gasteiger partial charge on any atom is -0.225 e. The van der Waals surface area contributed by atoms with Crippen molar-refractivity contribution in [1.29, 1.82) is 0 Å². The number of alkyl halides is 3. The Balaban J connectivity index is 1.76. The number of primary sulfonamides is 1. The molecule has 0 radical (unpaired) electrons. The van der Waals surface area contributed by atoms with Crippen LogP contribution in [0.2, 0.25) is 0 Å². The van der Waals surface area contributed by atoms with E-state index in [9.17, 15) is 21.6 Å². The van der Waals surface area contributed by atoms with Crippen LogP contribution in [0.15, 0.2) is 59.1 Å². The highest BCUT2D eigenvalue weighted by molar-refractivity contribution is 7.91. The minimum absolute atomic E-state index is 0.0742. The molecule has 2 aromatic carbocycles. The summed E-state index contributed by atoms with van der Waals surface area (Å²) in [5, 5.41) is 9.05. The van der Waals surface area contributed by atoms with Gasteiger partial charge in [-0.15, -0.1) is 5.10 Å². The molecule has 6 nitrogen and oxygen atoms in total. The summed E-state index contributed by atoms with van der Waals surface area (Å²) in [7, 11) is -3.96. The van der Waals surface area contributed by atoms with Crippen molar-refractivity contribution in [3.63, 3.8) is 0 Å². The molecule has 11 heteroatoms. The molecule has 0 amide bonds. The van der Waals surface area contributed by atoms with Crippen molar-refractivity contribution < 1.29 is 21.6 Å². The van der Waals surface area contributed by atoms with E-state index in [0.29, 0.717) is 21.8 Å². The Morgan fingerprint density at radius 2 is 1.64 bits per heavy atom. The van der Waals surface area contributed by atoms with E-state index in [1.165, 1.54) is 22.8 Å². The molecule has 2 heterocycles. The van der Waals surface area contributed by atoms with Crippen molar-refractivity contribution in [3.8, 4) is 22.4 Å². The van der Waals surface area contributed by atoms with Crippen LogP contribution in [0.25, 0.3) is 27.3 Å². The van der Waals surface area contributed by atoms with E-state index in [2.05, 4.69) is 10.1 Å². The van der Waals surface area contributed by atoms with Gasteiger partial charge >= 0.3 is 6.18 Å². The van der Waals surface area contributed by atoms with E-state index in [4.69, 9.17) is 5.14 Å². The fraction of sp³-hybridized carbons (Fsp3) is 0.0588. The first-order valence-corrected chi connectivity index (χ1v) is 10.2. The topological polar surface area (TPSA) is 90.4 Å². The quantitative estimate of drug-likeness (QED) is 0.542. The molecule has 144 valence electrons. The number of nitrogens with zero attached hydrogens (tertiary/aromatic N) is 3. The van der Waals surface area contributed by atoms with Gasteiger partial charge in [0.1, 0.15) is 0 Å². The third-order valence-corrected chi connectivity index (χ3v) is 6.27. The number of fused-ring (bicyclic) bond motifs is 1. The number of imidazole rings is 1. The first kappa shape index (κ1) is 18.6. The monoisotopic (exact) mass is 424 g/mol. The molecule has 0 aliphatic heterocycles. The summed E-state index contributed by atoms with van der Waals surface area (Å²) >= 11 is 0.827. The normalized spacial score (nSPS) is 12.6. The van der Waals surface area contributed by atoms with E-state index in [1.54, 1.807) is 30.3 Å². The molecule has 2 N–H and O–H groups in total. The highest BCUT2D eigenvalue weighted by atomic mass is 32.2. The number of rotatable bonds is 3. The summed E-state index contributed by atoms with van der Waals surface area (Å²) in [5.41, 5.74) is 0.877. The van der Waals surface area contributed by atoms with Crippen LogP contribution in [0, 0.1) is 0 Å². The van der Waals surface area contributed by atoms with Crippen molar-refractivity contribution in [1.82, 2.24) is 14.6 Å². The number of benzene rings is 2. The Labute approximate surface area is 161 Å². The van der Waals surface area contributed by atoms with Gasteiger partial charge in [-0.2, -0.15) is 13.2 Å². The van der Waals surface area contributed by atoms with Crippen LogP contribution in [0.4, 0.5) is 13.2 Å². The molecular formula is C17H11F3N4O2S2. The fourth-order valence-electron chi connectivity index (χ4n) is 2.79. The van der Waals surface area contributed by atoms with Gasteiger partial charge in [0.25, 0.3) is 10.0 Å². The largest absolute Gasteiger partial charge is 0.417 e. The molecule has 0 saturated carbocycles. The molecule has 28 heavy (non-hydrogen) atoms. The van der Waals surface area contributed by atoms with Gasteiger partial charge in [0.2, 0.25) is 9.30 Å². The zero-order valence-electron chi connectivity index (χ0n) is 13.9. The van der Waals surface area contributed by atoms with E-state index in [-0.39, 0.29) is 9.90 Å². The van der Waals surface area contributed by atoms with Gasteiger partial charge in [-0.05, 0) is 17.2 Å². The number of nitrogens with two attached hydrogens (primary N) is 1. The number of hydrogen-bond donors (Lipinski definition) is 1. The number of aromatic nitrogens is 3. The lowest BCUT2D eigenvalue weighted by Gasteiger charge is -2.13. The highest BCUT2D eigenvalue weighted by Crippen LogP contribution is 2.37. The molecule has 0 bridgehead atoms. The third-order valence-electron chi connectivity index (χ3n) is 4.03. The Kier molecular flexibility index (Phi) is 4.25. The zero-order valence-corrected chi connectivity index (χ0v) is 15.5. The van der Waals surface area contributed by atoms with Crippen LogP contribution in [0.5, 0.6) is 0 Å². The van der Waals surface area contributed by atoms with E-state index in [1.807, 2.05) is 0 Å². The fourth-order valence-corrected chi connectivity index (χ4v) is 4.28. The van der Waals surface area contributed by atoms with Crippen molar-refractivity contribution >= 4 is 26.3 Å². The van der Waals surface area contributed by atoms with Gasteiger partial charge in [-0.1, -0.05) is 53.8 Å². The first-order valence-electron chi connectivity index (χ1n) is 7.79. The molecule has 0 unspecified atom stereocenters. The van der Waals surface area contributed by atoms with Gasteiger partial charge < -0.3 is 0 Å². The lowest BCUT2D eigenvalue weighted by atomic mass is 9.98. The molecule has 0 atom stereocenters. The van der Waals surface area contributed by atoms with Crippen LogP contribution in [-0.4, -0.2) is 23.0 Å². The minimum atomic E-state index is -4.46. The maximum Gasteiger partial charge on any atom is 0.417 e. The average molecular weight is 424 g/mol. The second-order valence-electron chi connectivity index (χ2n) is 5.87. The lowest BCUT2D eigenvalue weighted by Crippen LogP contribution is -2.12. The third kappa shape index (κ3) is 3.28. The molecule has 0 fully saturated rings. The molecule has 2 aromatic heterocycles. The second kappa shape index (κ2) is 6.40. The average Bonchev–Trinajstić information content (AvgIpc) is 3.22. The number of hydrogen-bond acceptors (Lipinski definition) is 5. The van der Waals surface area contributed by atoms with Crippen molar-refractivity contribution in [2.24, 2.45) is 5.14 Å². The summed E-state index contributed by atoms with van der Waals surface area (Å²) in [5.74, 6) is 0. The molecule has 0 aliphatic carbocycles. The summed E-state index contributed by atoms with van der Waals surface area (Å²) in [6.45, 7) is 0. The molecule has 0 saturated heterocycles. The first-order chi connectivity index (χ1) is 13.1. The zero-order chi connectivity index (χ0) is 20.1. The van der Waals surface area contributed by atoms with Gasteiger partial charge in [0.15, 0.2) is 0 Å². The van der Waals surface area contributed by atoms with Gasteiger partial charge in [0.05, 0.1) is 17.5 Å². The van der Waals surface area contributed by atoms with E-state index < -0.39 is 21.8 Å². The van der Waals surface area contributed by atoms with E-state index >= 15 is 0 Å². The maximum absolute atomic E-state index is 13.2. The Morgan fingerprint density at radius 1 is 1.00 bits per heavy atom. The van der Waals surface area contributed by atoms with Crippen LogP contribution < -0.4 is 5.14 Å². The summed E-state index contributed by atoms with van der Waals surface area (Å²) in [6.07, 6.45) is -2.96. The van der Waals surface area contributed by atoms with Crippen molar-refractivity contribution in [3.05, 3.63) is 60.3 Å². The predicted octanol–water partition coefficient (Wildman–Crippen LogP) is 3.79. The number of halogens is 3. The van der Waals surface area contributed by atoms with Crippen LogP contribution >= 0.6 is 11.3 Å². The maximum atomic E-state index is 13.2. The molecule has 0 spiro atoms. The summed E-state index contributed by atoms with van der Waals surface area (Å²) < 4.78 is 63.7. The highest BCUT2D eigenvalue weighted by Gasteiger charge is 2.33.